The van der Waals surface area contributed by atoms with Gasteiger partial charge in [-0.3, -0.25) is 14.2 Å². The molecule has 4 aromatic rings. The van der Waals surface area contributed by atoms with Crippen molar-refractivity contribution < 1.29 is 9.53 Å². The van der Waals surface area contributed by atoms with Crippen LogP contribution in [0.2, 0.25) is 0 Å². The summed E-state index contributed by atoms with van der Waals surface area (Å²) in [5, 5.41) is 1.22. The minimum absolute atomic E-state index is 0.00838. The minimum atomic E-state index is -0.0783. The highest BCUT2D eigenvalue weighted by Crippen LogP contribution is 2.36. The van der Waals surface area contributed by atoms with Crippen LogP contribution in [0.3, 0.4) is 0 Å². The lowest BCUT2D eigenvalue weighted by Gasteiger charge is -2.26. The molecular weight excluding hydrogens is 464 g/mol. The Morgan fingerprint density at radius 2 is 1.91 bits per heavy atom. The highest BCUT2D eigenvalue weighted by atomic mass is 32.2. The average molecular weight is 491 g/mol. The van der Waals surface area contributed by atoms with E-state index in [1.807, 2.05) is 61.5 Å². The first-order valence-electron chi connectivity index (χ1n) is 11.4. The van der Waals surface area contributed by atoms with Crippen molar-refractivity contribution >= 4 is 39.1 Å². The van der Waals surface area contributed by atoms with Crippen LogP contribution in [-0.4, -0.2) is 27.2 Å². The standard InChI is InChI=1S/C27H26N2O3S2/c1-16(2)22-13-20-23(14-32-22)34-25-24(20)26(31)29(19-11-9-17(3)10-12-19)27(28-25)33-15-21(30)18-7-5-4-6-8-18/h4-12,16,22H,13-15H2,1-3H3/t22-/m0/s1. The Balaban J connectivity index is 1.61. The predicted molar refractivity (Wildman–Crippen MR) is 139 cm³/mol. The molecule has 1 aliphatic rings. The molecule has 2 aromatic heterocycles. The van der Waals surface area contributed by atoms with Crippen molar-refractivity contribution in [3.8, 4) is 5.69 Å². The van der Waals surface area contributed by atoms with Crippen LogP contribution in [-0.2, 0) is 17.8 Å². The van der Waals surface area contributed by atoms with Crippen LogP contribution in [0, 0.1) is 12.8 Å². The van der Waals surface area contributed by atoms with Gasteiger partial charge in [-0.05, 0) is 30.5 Å². The summed E-state index contributed by atoms with van der Waals surface area (Å²) in [5.74, 6) is 0.584. The number of hydrogen-bond donors (Lipinski definition) is 0. The topological polar surface area (TPSA) is 61.2 Å². The van der Waals surface area contributed by atoms with E-state index in [0.29, 0.717) is 28.6 Å². The van der Waals surface area contributed by atoms with E-state index >= 15 is 0 Å². The molecule has 0 saturated carbocycles. The normalized spacial score (nSPS) is 15.6. The zero-order chi connectivity index (χ0) is 23.8. The second-order valence-electron chi connectivity index (χ2n) is 8.93. The molecule has 0 N–H and O–H groups in total. The number of rotatable bonds is 6. The summed E-state index contributed by atoms with van der Waals surface area (Å²) < 4.78 is 7.71. The molecule has 3 heterocycles. The number of carbonyl (C=O) groups excluding carboxylic acids is 1. The molecule has 1 aliphatic heterocycles. The number of aryl methyl sites for hydroxylation is 1. The van der Waals surface area contributed by atoms with Gasteiger partial charge in [0.05, 0.1) is 29.5 Å². The number of thioether (sulfide) groups is 1. The van der Waals surface area contributed by atoms with Crippen molar-refractivity contribution in [2.75, 3.05) is 5.75 Å². The molecule has 5 rings (SSSR count). The fourth-order valence-corrected chi connectivity index (χ4v) is 6.26. The van der Waals surface area contributed by atoms with E-state index in [2.05, 4.69) is 13.8 Å². The van der Waals surface area contributed by atoms with E-state index < -0.39 is 0 Å². The first-order valence-corrected chi connectivity index (χ1v) is 13.2. The molecule has 7 heteroatoms. The Hall–Kier alpha value is -2.74. The van der Waals surface area contributed by atoms with Gasteiger partial charge in [-0.25, -0.2) is 4.98 Å². The van der Waals surface area contributed by atoms with E-state index in [0.717, 1.165) is 32.9 Å². The largest absolute Gasteiger partial charge is 0.372 e. The third kappa shape index (κ3) is 4.35. The van der Waals surface area contributed by atoms with Crippen LogP contribution in [0.4, 0.5) is 0 Å². The number of thiophene rings is 1. The highest BCUT2D eigenvalue weighted by Gasteiger charge is 2.29. The minimum Gasteiger partial charge on any atom is -0.372 e. The van der Waals surface area contributed by atoms with Crippen molar-refractivity contribution in [3.63, 3.8) is 0 Å². The molecule has 1 atom stereocenters. The SMILES string of the molecule is Cc1ccc(-n2c(SCC(=O)c3ccccc3)nc3sc4c(c3c2=O)C[C@@H](C(C)C)OC4)cc1. The number of aromatic nitrogens is 2. The summed E-state index contributed by atoms with van der Waals surface area (Å²) in [4.78, 5) is 33.4. The van der Waals surface area contributed by atoms with Gasteiger partial charge in [0.15, 0.2) is 10.9 Å². The maximum Gasteiger partial charge on any atom is 0.267 e. The summed E-state index contributed by atoms with van der Waals surface area (Å²) in [6, 6.07) is 17.1. The summed E-state index contributed by atoms with van der Waals surface area (Å²) in [6.45, 7) is 6.82. The highest BCUT2D eigenvalue weighted by molar-refractivity contribution is 7.99. The molecular formula is C27H26N2O3S2. The third-order valence-corrected chi connectivity index (χ3v) is 8.21. The number of ether oxygens (including phenoxy) is 1. The lowest BCUT2D eigenvalue weighted by molar-refractivity contribution is 0.00200. The molecule has 0 radical (unpaired) electrons. The lowest BCUT2D eigenvalue weighted by atomic mass is 9.96. The van der Waals surface area contributed by atoms with E-state index in [4.69, 9.17) is 9.72 Å². The zero-order valence-electron chi connectivity index (χ0n) is 19.4. The summed E-state index contributed by atoms with van der Waals surface area (Å²) >= 11 is 2.84. The molecule has 0 amide bonds. The van der Waals surface area contributed by atoms with Crippen LogP contribution >= 0.6 is 23.1 Å². The van der Waals surface area contributed by atoms with Gasteiger partial charge >= 0.3 is 0 Å². The molecule has 174 valence electrons. The van der Waals surface area contributed by atoms with Gasteiger partial charge < -0.3 is 4.74 Å². The van der Waals surface area contributed by atoms with Crippen molar-refractivity contribution in [3.05, 3.63) is 86.5 Å². The number of Topliss-reactive ketones (excluding diaryl/α,β-unsaturated/α-hetero) is 1. The average Bonchev–Trinajstić information content (AvgIpc) is 3.21. The van der Waals surface area contributed by atoms with Gasteiger partial charge in [0.25, 0.3) is 5.56 Å². The zero-order valence-corrected chi connectivity index (χ0v) is 21.0. The Bertz CT molecular complexity index is 1410. The van der Waals surface area contributed by atoms with Crippen LogP contribution < -0.4 is 5.56 Å². The lowest BCUT2D eigenvalue weighted by Crippen LogP contribution is -2.28. The number of hydrogen-bond acceptors (Lipinski definition) is 6. The molecule has 5 nitrogen and oxygen atoms in total. The van der Waals surface area contributed by atoms with Crippen molar-refractivity contribution in [1.29, 1.82) is 0 Å². The quantitative estimate of drug-likeness (QED) is 0.193. The van der Waals surface area contributed by atoms with Crippen LogP contribution in [0.15, 0.2) is 64.5 Å². The molecule has 0 bridgehead atoms. The Morgan fingerprint density at radius 3 is 2.62 bits per heavy atom. The van der Waals surface area contributed by atoms with E-state index in [-0.39, 0.29) is 23.2 Å². The predicted octanol–water partition coefficient (Wildman–Crippen LogP) is 5.83. The van der Waals surface area contributed by atoms with Crippen molar-refractivity contribution in [2.45, 2.75) is 45.1 Å². The fraction of sp³-hybridized carbons (Fsp3) is 0.296. The van der Waals surface area contributed by atoms with Gasteiger partial charge in [-0.2, -0.15) is 0 Å². The molecule has 0 aliphatic carbocycles. The van der Waals surface area contributed by atoms with Crippen LogP contribution in [0.25, 0.3) is 15.9 Å². The third-order valence-electron chi connectivity index (χ3n) is 6.18. The number of ketones is 1. The maximum atomic E-state index is 13.9. The second kappa shape index (κ2) is 9.49. The molecule has 34 heavy (non-hydrogen) atoms. The smallest absolute Gasteiger partial charge is 0.267 e. The van der Waals surface area contributed by atoms with Gasteiger partial charge in [0.2, 0.25) is 0 Å². The molecule has 0 saturated heterocycles. The Labute approximate surface area is 206 Å². The second-order valence-corrected chi connectivity index (χ2v) is 11.0. The van der Waals surface area contributed by atoms with E-state index in [1.165, 1.54) is 23.1 Å². The van der Waals surface area contributed by atoms with Crippen LogP contribution in [0.1, 0.15) is 40.2 Å². The number of nitrogens with zero attached hydrogens (tertiary/aromatic N) is 2. The summed E-state index contributed by atoms with van der Waals surface area (Å²) in [5.41, 5.74) is 3.52. The van der Waals surface area contributed by atoms with Crippen LogP contribution in [0.5, 0.6) is 0 Å². The summed E-state index contributed by atoms with van der Waals surface area (Å²) in [7, 11) is 0. The number of fused-ring (bicyclic) bond motifs is 3. The van der Waals surface area contributed by atoms with Gasteiger partial charge in [0.1, 0.15) is 4.83 Å². The molecule has 0 fully saturated rings. The van der Waals surface area contributed by atoms with Gasteiger partial charge in [0, 0.05) is 16.9 Å². The number of carbonyl (C=O) groups is 1. The van der Waals surface area contributed by atoms with E-state index in [1.54, 1.807) is 4.57 Å². The Kier molecular flexibility index (Phi) is 6.42. The molecule has 2 aromatic carbocycles. The monoisotopic (exact) mass is 490 g/mol. The summed E-state index contributed by atoms with van der Waals surface area (Å²) in [6.07, 6.45) is 0.812. The van der Waals surface area contributed by atoms with Crippen molar-refractivity contribution in [2.24, 2.45) is 5.92 Å². The first kappa shape index (κ1) is 23.0. The number of benzene rings is 2. The van der Waals surface area contributed by atoms with Gasteiger partial charge in [-0.1, -0.05) is 73.6 Å². The van der Waals surface area contributed by atoms with Gasteiger partial charge in [-0.15, -0.1) is 11.3 Å². The Morgan fingerprint density at radius 1 is 1.18 bits per heavy atom. The fourth-order valence-electron chi connectivity index (χ4n) is 4.19. The van der Waals surface area contributed by atoms with E-state index in [9.17, 15) is 9.59 Å². The molecule has 0 spiro atoms. The van der Waals surface area contributed by atoms with Crippen molar-refractivity contribution in [1.82, 2.24) is 9.55 Å². The first-order chi connectivity index (χ1) is 16.4. The molecule has 0 unspecified atom stereocenters. The maximum absolute atomic E-state index is 13.9.